The van der Waals surface area contributed by atoms with Crippen LogP contribution in [-0.4, -0.2) is 41.8 Å². The van der Waals surface area contributed by atoms with Gasteiger partial charge in [0.15, 0.2) is 4.90 Å². The molecular formula is C29H28FN3O5S. The summed E-state index contributed by atoms with van der Waals surface area (Å²) in [6.07, 6.45) is 3.72. The van der Waals surface area contributed by atoms with E-state index in [0.717, 1.165) is 18.4 Å². The van der Waals surface area contributed by atoms with Crippen LogP contribution in [0.1, 0.15) is 35.8 Å². The van der Waals surface area contributed by atoms with Crippen molar-refractivity contribution in [1.82, 2.24) is 14.5 Å². The van der Waals surface area contributed by atoms with Crippen molar-refractivity contribution in [3.63, 3.8) is 0 Å². The molecule has 0 bridgehead atoms. The van der Waals surface area contributed by atoms with Crippen molar-refractivity contribution in [3.8, 4) is 17.0 Å². The van der Waals surface area contributed by atoms with Gasteiger partial charge in [-0.05, 0) is 60.6 Å². The van der Waals surface area contributed by atoms with Crippen molar-refractivity contribution >= 4 is 9.84 Å². The molecule has 10 heteroatoms. The monoisotopic (exact) mass is 549 g/mol. The Balaban J connectivity index is 1.64. The van der Waals surface area contributed by atoms with E-state index in [2.05, 4.69) is 9.97 Å². The Bertz CT molecular complexity index is 1670. The normalized spacial score (nSPS) is 14.3. The topological polar surface area (TPSA) is 111 Å². The van der Waals surface area contributed by atoms with Crippen LogP contribution in [0.15, 0.2) is 81.4 Å². The van der Waals surface area contributed by atoms with Crippen molar-refractivity contribution < 1.29 is 22.7 Å². The number of hydrogen-bond acceptors (Lipinski definition) is 7. The van der Waals surface area contributed by atoms with E-state index in [1.807, 2.05) is 30.3 Å². The van der Waals surface area contributed by atoms with Crippen LogP contribution in [0.5, 0.6) is 5.88 Å². The first-order valence-electron chi connectivity index (χ1n) is 12.6. The van der Waals surface area contributed by atoms with E-state index in [1.54, 1.807) is 13.0 Å². The van der Waals surface area contributed by atoms with Gasteiger partial charge in [-0.2, -0.15) is 9.37 Å². The van der Waals surface area contributed by atoms with Crippen LogP contribution in [0.3, 0.4) is 0 Å². The van der Waals surface area contributed by atoms with Crippen molar-refractivity contribution in [3.05, 3.63) is 100 Å². The molecule has 1 aliphatic carbocycles. The van der Waals surface area contributed by atoms with Gasteiger partial charge in [0.25, 0.3) is 5.56 Å². The van der Waals surface area contributed by atoms with Crippen LogP contribution < -0.4 is 5.56 Å². The molecule has 0 amide bonds. The predicted molar refractivity (Wildman–Crippen MR) is 143 cm³/mol. The molecule has 1 atom stereocenters. The zero-order valence-corrected chi connectivity index (χ0v) is 22.4. The Morgan fingerprint density at radius 2 is 1.79 bits per heavy atom. The quantitative estimate of drug-likeness (QED) is 0.307. The van der Waals surface area contributed by atoms with Gasteiger partial charge in [-0.15, -0.1) is 0 Å². The molecular weight excluding hydrogens is 521 g/mol. The third-order valence-electron chi connectivity index (χ3n) is 7.00. The van der Waals surface area contributed by atoms with E-state index in [-0.39, 0.29) is 11.5 Å². The van der Waals surface area contributed by atoms with Gasteiger partial charge >= 0.3 is 0 Å². The Hall–Kier alpha value is -3.89. The Kier molecular flexibility index (Phi) is 7.33. The van der Waals surface area contributed by atoms with Crippen molar-refractivity contribution in [1.29, 1.82) is 0 Å². The minimum absolute atomic E-state index is 0.101. The summed E-state index contributed by atoms with van der Waals surface area (Å²) in [6.45, 7) is 1.69. The molecule has 2 aromatic carbocycles. The number of halogens is 1. The zero-order valence-electron chi connectivity index (χ0n) is 21.5. The maximum Gasteiger partial charge on any atom is 0.277 e. The highest BCUT2D eigenvalue weighted by atomic mass is 32.2. The highest BCUT2D eigenvalue weighted by Crippen LogP contribution is 2.35. The molecule has 1 fully saturated rings. The standard InChI is InChI=1S/C29H28FN3O5S/c1-18-23(14-15-31-27(18)30)20-10-12-22(13-11-20)39(36,37)26-28(34)32-25(16-19-8-9-19)33(29(26)35)24(17-38-2)21-6-4-3-5-7-21/h3-7,10-15,19,24,34H,8-9,16-17H2,1-2H3. The molecule has 4 aromatic rings. The van der Waals surface area contributed by atoms with Crippen LogP contribution in [0.2, 0.25) is 0 Å². The van der Waals surface area contributed by atoms with Crippen molar-refractivity contribution in [2.75, 3.05) is 13.7 Å². The van der Waals surface area contributed by atoms with E-state index in [1.165, 1.54) is 42.1 Å². The van der Waals surface area contributed by atoms with E-state index >= 15 is 0 Å². The second kappa shape index (κ2) is 10.7. The number of methoxy groups -OCH3 is 1. The van der Waals surface area contributed by atoms with Gasteiger partial charge in [0.1, 0.15) is 5.82 Å². The number of rotatable bonds is 9. The fraction of sp³-hybridized carbons (Fsp3) is 0.276. The third kappa shape index (κ3) is 5.22. The van der Waals surface area contributed by atoms with Crippen LogP contribution in [-0.2, 0) is 21.0 Å². The lowest BCUT2D eigenvalue weighted by Gasteiger charge is -2.24. The lowest BCUT2D eigenvalue weighted by Crippen LogP contribution is -2.35. The van der Waals surface area contributed by atoms with E-state index in [0.29, 0.717) is 34.9 Å². The van der Waals surface area contributed by atoms with Crippen LogP contribution in [0.4, 0.5) is 4.39 Å². The molecule has 0 aliphatic heterocycles. The van der Waals surface area contributed by atoms with Crippen LogP contribution in [0, 0.1) is 18.8 Å². The first kappa shape index (κ1) is 26.7. The fourth-order valence-electron chi connectivity index (χ4n) is 4.74. The molecule has 0 saturated heterocycles. The van der Waals surface area contributed by atoms with Gasteiger partial charge in [0.2, 0.25) is 21.7 Å². The zero-order chi connectivity index (χ0) is 27.7. The average molecular weight is 550 g/mol. The number of aromatic nitrogens is 3. The molecule has 2 aromatic heterocycles. The molecule has 1 saturated carbocycles. The van der Waals surface area contributed by atoms with Gasteiger partial charge in [0, 0.05) is 25.3 Å². The number of nitrogens with zero attached hydrogens (tertiary/aromatic N) is 3. The van der Waals surface area contributed by atoms with Gasteiger partial charge < -0.3 is 9.84 Å². The van der Waals surface area contributed by atoms with Crippen LogP contribution >= 0.6 is 0 Å². The van der Waals surface area contributed by atoms with Gasteiger partial charge in [-0.3, -0.25) is 9.36 Å². The fourth-order valence-corrected chi connectivity index (χ4v) is 6.08. The number of benzene rings is 2. The van der Waals surface area contributed by atoms with Crippen molar-refractivity contribution in [2.45, 2.75) is 42.0 Å². The first-order valence-corrected chi connectivity index (χ1v) is 14.1. The number of pyridine rings is 1. The summed E-state index contributed by atoms with van der Waals surface area (Å²) >= 11 is 0. The average Bonchev–Trinajstić information content (AvgIpc) is 3.74. The van der Waals surface area contributed by atoms with Gasteiger partial charge in [0.05, 0.1) is 17.5 Å². The minimum atomic E-state index is -4.47. The Morgan fingerprint density at radius 3 is 2.44 bits per heavy atom. The lowest BCUT2D eigenvalue weighted by molar-refractivity contribution is 0.165. The van der Waals surface area contributed by atoms with E-state index in [4.69, 9.17) is 4.74 Å². The first-order chi connectivity index (χ1) is 18.7. The maximum absolute atomic E-state index is 14.0. The highest BCUT2D eigenvalue weighted by Gasteiger charge is 2.34. The summed E-state index contributed by atoms with van der Waals surface area (Å²) in [7, 11) is -2.97. The summed E-state index contributed by atoms with van der Waals surface area (Å²) in [5, 5.41) is 10.8. The Labute approximate surface area is 225 Å². The van der Waals surface area contributed by atoms with Crippen LogP contribution in [0.25, 0.3) is 11.1 Å². The molecule has 0 spiro atoms. The smallest absolute Gasteiger partial charge is 0.277 e. The summed E-state index contributed by atoms with van der Waals surface area (Å²) in [6, 6.07) is 15.9. The lowest BCUT2D eigenvalue weighted by atomic mass is 10.0. The largest absolute Gasteiger partial charge is 0.492 e. The molecule has 8 nitrogen and oxygen atoms in total. The summed E-state index contributed by atoms with van der Waals surface area (Å²) < 4.78 is 48.2. The molecule has 1 unspecified atom stereocenters. The van der Waals surface area contributed by atoms with Gasteiger partial charge in [-0.25, -0.2) is 13.4 Å². The molecule has 0 radical (unpaired) electrons. The Morgan fingerprint density at radius 1 is 1.10 bits per heavy atom. The number of sulfone groups is 1. The second-order valence-corrected chi connectivity index (χ2v) is 11.6. The SMILES string of the molecule is COCC(c1ccccc1)n1c(CC2CC2)nc(O)c(S(=O)(=O)c2ccc(-c3ccnc(F)c3C)cc2)c1=O. The molecule has 1 aliphatic rings. The summed E-state index contributed by atoms with van der Waals surface area (Å²) in [5.41, 5.74) is 1.36. The highest BCUT2D eigenvalue weighted by molar-refractivity contribution is 7.91. The maximum atomic E-state index is 14.0. The minimum Gasteiger partial charge on any atom is -0.492 e. The molecule has 39 heavy (non-hydrogen) atoms. The number of hydrogen-bond donors (Lipinski definition) is 1. The molecule has 2 heterocycles. The number of aromatic hydroxyl groups is 1. The van der Waals surface area contributed by atoms with E-state index < -0.39 is 38.2 Å². The second-order valence-electron chi connectivity index (χ2n) is 9.69. The third-order valence-corrected chi connectivity index (χ3v) is 8.79. The summed E-state index contributed by atoms with van der Waals surface area (Å²) in [4.78, 5) is 20.9. The van der Waals surface area contributed by atoms with E-state index in [9.17, 15) is 22.7 Å². The summed E-state index contributed by atoms with van der Waals surface area (Å²) in [5.74, 6) is -0.809. The molecule has 202 valence electrons. The number of ether oxygens (including phenoxy) is 1. The molecule has 1 N–H and O–H groups in total. The van der Waals surface area contributed by atoms with Gasteiger partial charge in [-0.1, -0.05) is 42.5 Å². The predicted octanol–water partition coefficient (Wildman–Crippen LogP) is 4.48. The molecule has 5 rings (SSSR count). The van der Waals surface area contributed by atoms with Crippen molar-refractivity contribution in [2.24, 2.45) is 5.92 Å².